The molecule has 2 N–H and O–H groups in total. The minimum Gasteiger partial charge on any atom is -0.497 e. The van der Waals surface area contributed by atoms with Crippen molar-refractivity contribution in [2.24, 2.45) is 0 Å². The molecule has 2 fully saturated rings. The predicted octanol–water partition coefficient (Wildman–Crippen LogP) is 2.92. The molecule has 1 aromatic heterocycles. The molecule has 2 saturated heterocycles. The number of rotatable bonds is 7. The maximum absolute atomic E-state index is 13.5. The van der Waals surface area contributed by atoms with Crippen molar-refractivity contribution in [1.82, 2.24) is 25.3 Å². The van der Waals surface area contributed by atoms with Crippen molar-refractivity contribution in [3.05, 3.63) is 65.4 Å². The maximum Gasteiger partial charge on any atom is 0.272 e. The van der Waals surface area contributed by atoms with Gasteiger partial charge in [0.25, 0.3) is 11.8 Å². The molecule has 2 aromatic carbocycles. The third-order valence-electron chi connectivity index (χ3n) is 8.02. The number of hydrogen-bond acceptors (Lipinski definition) is 7. The quantitative estimate of drug-likeness (QED) is 0.427. The highest BCUT2D eigenvalue weighted by Gasteiger charge is 2.39. The molecule has 4 heterocycles. The lowest BCUT2D eigenvalue weighted by Crippen LogP contribution is -2.52. The maximum atomic E-state index is 13.5. The van der Waals surface area contributed by atoms with Crippen LogP contribution in [0.1, 0.15) is 58.5 Å². The Morgan fingerprint density at radius 2 is 1.83 bits per heavy atom. The summed E-state index contributed by atoms with van der Waals surface area (Å²) in [5, 5.41) is 9.56. The molecule has 11 heteroatoms. The fourth-order valence-corrected chi connectivity index (χ4v) is 5.77. The van der Waals surface area contributed by atoms with Crippen LogP contribution in [0.5, 0.6) is 11.5 Å². The van der Waals surface area contributed by atoms with E-state index >= 15 is 0 Å². The predicted molar refractivity (Wildman–Crippen MR) is 147 cm³/mol. The number of aromatic amines is 1. The smallest absolute Gasteiger partial charge is 0.272 e. The molecule has 2 atom stereocenters. The van der Waals surface area contributed by atoms with Gasteiger partial charge in [-0.1, -0.05) is 0 Å². The molecule has 0 spiro atoms. The molecule has 41 heavy (non-hydrogen) atoms. The summed E-state index contributed by atoms with van der Waals surface area (Å²) in [7, 11) is 1.61. The average molecular weight is 558 g/mol. The highest BCUT2D eigenvalue weighted by molar-refractivity contribution is 6.05. The van der Waals surface area contributed by atoms with Gasteiger partial charge in [0.1, 0.15) is 29.8 Å². The number of ether oxygens (including phenoxy) is 2. The Morgan fingerprint density at radius 1 is 1.02 bits per heavy atom. The fourth-order valence-electron chi connectivity index (χ4n) is 5.77. The van der Waals surface area contributed by atoms with Crippen LogP contribution < -0.4 is 14.8 Å². The van der Waals surface area contributed by atoms with Gasteiger partial charge in [-0.2, -0.15) is 5.10 Å². The SMILES string of the molecule is COc1ccc(-c2cc(C(=O)N3CCCCC3COc3ccc4c(c3)CN(C3CCC(=O)NC3=O)C4=O)[nH]n2)cc1. The number of carbonyl (C=O) groups excluding carboxylic acids is 4. The van der Waals surface area contributed by atoms with Gasteiger partial charge >= 0.3 is 0 Å². The van der Waals surface area contributed by atoms with Crippen molar-refractivity contribution in [2.75, 3.05) is 20.3 Å². The molecular formula is C30H31N5O6. The summed E-state index contributed by atoms with van der Waals surface area (Å²) < 4.78 is 11.4. The lowest BCUT2D eigenvalue weighted by atomic mass is 10.0. The number of likely N-dealkylation sites (tertiary alicyclic amines) is 1. The average Bonchev–Trinajstić information content (AvgIpc) is 3.61. The van der Waals surface area contributed by atoms with Gasteiger partial charge in [0.05, 0.1) is 18.8 Å². The topological polar surface area (TPSA) is 134 Å². The molecule has 0 aliphatic carbocycles. The van der Waals surface area contributed by atoms with Crippen molar-refractivity contribution >= 4 is 23.6 Å². The molecule has 0 bridgehead atoms. The van der Waals surface area contributed by atoms with Crippen LogP contribution in [0.25, 0.3) is 11.3 Å². The third kappa shape index (κ3) is 5.27. The molecule has 4 amide bonds. The van der Waals surface area contributed by atoms with Gasteiger partial charge < -0.3 is 19.3 Å². The number of H-pyrrole nitrogens is 1. The molecule has 0 saturated carbocycles. The van der Waals surface area contributed by atoms with Crippen molar-refractivity contribution in [2.45, 2.75) is 50.7 Å². The lowest BCUT2D eigenvalue weighted by molar-refractivity contribution is -0.136. The number of nitrogens with zero attached hydrogens (tertiary/aromatic N) is 3. The van der Waals surface area contributed by atoms with Crippen LogP contribution in [0.3, 0.4) is 0 Å². The van der Waals surface area contributed by atoms with Gasteiger partial charge in [0.2, 0.25) is 11.8 Å². The van der Waals surface area contributed by atoms with Gasteiger partial charge in [-0.3, -0.25) is 29.6 Å². The zero-order valence-electron chi connectivity index (χ0n) is 22.7. The van der Waals surface area contributed by atoms with E-state index < -0.39 is 11.9 Å². The molecule has 3 aliphatic rings. The fraction of sp³-hybridized carbons (Fsp3) is 0.367. The van der Waals surface area contributed by atoms with Crippen LogP contribution in [0.4, 0.5) is 0 Å². The molecule has 2 unspecified atom stereocenters. The van der Waals surface area contributed by atoms with Gasteiger partial charge in [-0.25, -0.2) is 0 Å². The van der Waals surface area contributed by atoms with Crippen LogP contribution in [0.2, 0.25) is 0 Å². The third-order valence-corrected chi connectivity index (χ3v) is 8.02. The second-order valence-corrected chi connectivity index (χ2v) is 10.6. The van der Waals surface area contributed by atoms with Crippen molar-refractivity contribution in [3.8, 4) is 22.8 Å². The summed E-state index contributed by atoms with van der Waals surface area (Å²) in [5.41, 5.74) is 3.29. The minimum atomic E-state index is -0.661. The number of benzene rings is 2. The van der Waals surface area contributed by atoms with E-state index in [-0.39, 0.29) is 36.7 Å². The number of hydrogen-bond donors (Lipinski definition) is 2. The second kappa shape index (κ2) is 11.1. The van der Waals surface area contributed by atoms with E-state index in [9.17, 15) is 19.2 Å². The van der Waals surface area contributed by atoms with E-state index in [1.54, 1.807) is 25.3 Å². The number of fused-ring (bicyclic) bond motifs is 1. The summed E-state index contributed by atoms with van der Waals surface area (Å²) in [6.45, 7) is 1.22. The number of nitrogens with one attached hydrogen (secondary N) is 2. The van der Waals surface area contributed by atoms with Gasteiger partial charge in [-0.15, -0.1) is 0 Å². The summed E-state index contributed by atoms with van der Waals surface area (Å²) in [5.74, 6) is 0.255. The normalized spacial score (nSPS) is 20.6. The van der Waals surface area contributed by atoms with Crippen molar-refractivity contribution < 1.29 is 28.7 Å². The van der Waals surface area contributed by atoms with Crippen LogP contribution in [-0.2, 0) is 16.1 Å². The highest BCUT2D eigenvalue weighted by atomic mass is 16.5. The van der Waals surface area contributed by atoms with E-state index in [1.807, 2.05) is 35.2 Å². The summed E-state index contributed by atoms with van der Waals surface area (Å²) in [4.78, 5) is 53.7. The number of aromatic nitrogens is 2. The number of piperidine rings is 2. The van der Waals surface area contributed by atoms with E-state index in [0.717, 1.165) is 36.1 Å². The Balaban J connectivity index is 1.11. The van der Waals surface area contributed by atoms with Crippen LogP contribution in [-0.4, -0.2) is 76.0 Å². The van der Waals surface area contributed by atoms with Gasteiger partial charge in [0, 0.05) is 30.6 Å². The van der Waals surface area contributed by atoms with Gasteiger partial charge in [-0.05, 0) is 79.8 Å². The first-order valence-electron chi connectivity index (χ1n) is 13.8. The summed E-state index contributed by atoms with van der Waals surface area (Å²) in [6.07, 6.45) is 3.26. The van der Waals surface area contributed by atoms with Crippen molar-refractivity contribution in [1.29, 1.82) is 0 Å². The molecule has 11 nitrogen and oxygen atoms in total. The standard InChI is InChI=1S/C30H31N5O6/c1-40-21-7-5-18(6-8-21)24-15-25(33-32-24)30(39)34-13-3-2-4-20(34)17-41-22-9-10-23-19(14-22)16-35(29(23)38)26-11-12-27(36)31-28(26)37/h5-10,14-15,20,26H,2-4,11-13,16-17H2,1H3,(H,32,33)(H,31,36,37). The van der Waals surface area contributed by atoms with E-state index in [1.165, 1.54) is 4.90 Å². The number of amides is 4. The van der Waals surface area contributed by atoms with Crippen LogP contribution >= 0.6 is 0 Å². The minimum absolute atomic E-state index is 0.112. The largest absolute Gasteiger partial charge is 0.497 e. The number of carbonyl (C=O) groups is 4. The number of methoxy groups -OCH3 is 1. The summed E-state index contributed by atoms with van der Waals surface area (Å²) >= 11 is 0. The molecule has 3 aromatic rings. The Morgan fingerprint density at radius 3 is 2.61 bits per heavy atom. The Hall–Kier alpha value is -4.67. The van der Waals surface area contributed by atoms with Crippen molar-refractivity contribution in [3.63, 3.8) is 0 Å². The Bertz CT molecular complexity index is 1500. The monoisotopic (exact) mass is 557 g/mol. The Kier molecular flexibility index (Phi) is 7.17. The van der Waals surface area contributed by atoms with E-state index in [2.05, 4.69) is 15.5 Å². The van der Waals surface area contributed by atoms with Crippen LogP contribution in [0.15, 0.2) is 48.5 Å². The number of imide groups is 1. The highest BCUT2D eigenvalue weighted by Crippen LogP contribution is 2.31. The zero-order valence-corrected chi connectivity index (χ0v) is 22.7. The lowest BCUT2D eigenvalue weighted by Gasteiger charge is -2.35. The van der Waals surface area contributed by atoms with E-state index in [4.69, 9.17) is 9.47 Å². The first-order chi connectivity index (χ1) is 19.9. The first-order valence-corrected chi connectivity index (χ1v) is 13.8. The van der Waals surface area contributed by atoms with Crippen LogP contribution in [0, 0.1) is 0 Å². The molecule has 212 valence electrons. The molecule has 0 radical (unpaired) electrons. The molecular weight excluding hydrogens is 526 g/mol. The van der Waals surface area contributed by atoms with Gasteiger partial charge in [0.15, 0.2) is 0 Å². The van der Waals surface area contributed by atoms with E-state index in [0.29, 0.717) is 42.3 Å². The zero-order chi connectivity index (χ0) is 28.5. The summed E-state index contributed by atoms with van der Waals surface area (Å²) in [6, 6.07) is 13.8. The first kappa shape index (κ1) is 26.5. The Labute approximate surface area is 236 Å². The second-order valence-electron chi connectivity index (χ2n) is 10.6. The molecule has 3 aliphatic heterocycles. The molecule has 6 rings (SSSR count).